The molecule has 0 bridgehead atoms. The van der Waals surface area contributed by atoms with Crippen LogP contribution in [0.5, 0.6) is 0 Å². The number of amides is 1. The quantitative estimate of drug-likeness (QED) is 0.471. The molecule has 148 valence electrons. The Labute approximate surface area is 177 Å². The predicted molar refractivity (Wildman–Crippen MR) is 113 cm³/mol. The molecule has 0 N–H and O–H groups in total. The highest BCUT2D eigenvalue weighted by atomic mass is 127. The summed E-state index contributed by atoms with van der Waals surface area (Å²) in [4.78, 5) is 29.7. The van der Waals surface area contributed by atoms with E-state index in [1.165, 1.54) is 0 Å². The molecule has 2 aromatic rings. The Balaban J connectivity index is 1.48. The summed E-state index contributed by atoms with van der Waals surface area (Å²) in [7, 11) is 0. The molecule has 0 unspecified atom stereocenters. The van der Waals surface area contributed by atoms with Crippen molar-refractivity contribution in [2.24, 2.45) is 0 Å². The first-order valence-corrected chi connectivity index (χ1v) is 10.8. The number of rotatable bonds is 5. The molecule has 3 heterocycles. The normalized spacial score (nSPS) is 22.2. The van der Waals surface area contributed by atoms with Crippen molar-refractivity contribution >= 4 is 34.4 Å². The molecule has 0 spiro atoms. The van der Waals surface area contributed by atoms with E-state index in [1.54, 1.807) is 29.6 Å². The molecule has 8 heteroatoms. The maximum absolute atomic E-state index is 15.2. The summed E-state index contributed by atoms with van der Waals surface area (Å²) in [6.07, 6.45) is 7.38. The average Bonchev–Trinajstić information content (AvgIpc) is 3.55. The van der Waals surface area contributed by atoms with Crippen molar-refractivity contribution in [2.75, 3.05) is 18.0 Å². The number of alkyl halides is 1. The van der Waals surface area contributed by atoms with Crippen molar-refractivity contribution in [2.45, 2.75) is 50.9 Å². The van der Waals surface area contributed by atoms with Crippen LogP contribution in [0.15, 0.2) is 30.7 Å². The monoisotopic (exact) mass is 495 g/mol. The molecule has 2 atom stereocenters. The second kappa shape index (κ2) is 8.26. The second-order valence-electron chi connectivity index (χ2n) is 7.38. The van der Waals surface area contributed by atoms with Gasteiger partial charge in [-0.1, -0.05) is 6.92 Å². The lowest BCUT2D eigenvalue weighted by Crippen LogP contribution is -2.55. The van der Waals surface area contributed by atoms with Gasteiger partial charge in [-0.25, -0.2) is 19.3 Å². The first-order chi connectivity index (χ1) is 13.6. The molecule has 1 aliphatic carbocycles. The highest BCUT2D eigenvalue weighted by Crippen LogP contribution is 2.34. The minimum Gasteiger partial charge on any atom is -0.338 e. The van der Waals surface area contributed by atoms with Gasteiger partial charge in [0, 0.05) is 31.2 Å². The van der Waals surface area contributed by atoms with Gasteiger partial charge in [-0.15, -0.1) is 0 Å². The lowest BCUT2D eigenvalue weighted by molar-refractivity contribution is 0.0486. The van der Waals surface area contributed by atoms with Gasteiger partial charge in [0.2, 0.25) is 5.95 Å². The standard InChI is InChI=1S/C20H23FIN5O/c1-2-13-9-24-20(25-10-13)26-8-7-17(16(21)12-26)27(15-4-5-15)19(28)14-3-6-18(22)23-11-14/h3,6,9-11,15-17H,2,4-5,7-8,12H2,1H3/t16-,17+/m0/s1. The Kier molecular flexibility index (Phi) is 5.75. The van der Waals surface area contributed by atoms with Gasteiger partial charge in [0.15, 0.2) is 0 Å². The minimum absolute atomic E-state index is 0.115. The highest BCUT2D eigenvalue weighted by Gasteiger charge is 2.43. The van der Waals surface area contributed by atoms with Crippen LogP contribution in [0.1, 0.15) is 42.1 Å². The first kappa shape index (κ1) is 19.5. The smallest absolute Gasteiger partial charge is 0.256 e. The van der Waals surface area contributed by atoms with E-state index < -0.39 is 12.2 Å². The lowest BCUT2D eigenvalue weighted by Gasteiger charge is -2.41. The molecule has 1 aliphatic heterocycles. The number of nitrogens with zero attached hydrogens (tertiary/aromatic N) is 5. The van der Waals surface area contributed by atoms with Gasteiger partial charge in [0.25, 0.3) is 5.91 Å². The Hall–Kier alpha value is -1.84. The summed E-state index contributed by atoms with van der Waals surface area (Å²) in [5.74, 6) is 0.445. The van der Waals surface area contributed by atoms with Crippen LogP contribution >= 0.6 is 22.6 Å². The molecular weight excluding hydrogens is 472 g/mol. The van der Waals surface area contributed by atoms with Gasteiger partial charge in [-0.2, -0.15) is 0 Å². The number of halogens is 2. The number of piperidine rings is 1. The van der Waals surface area contributed by atoms with Crippen molar-refractivity contribution in [3.05, 3.63) is 45.6 Å². The van der Waals surface area contributed by atoms with Gasteiger partial charge in [-0.3, -0.25) is 4.79 Å². The molecule has 0 radical (unpaired) electrons. The zero-order valence-corrected chi connectivity index (χ0v) is 17.9. The molecule has 0 aromatic carbocycles. The first-order valence-electron chi connectivity index (χ1n) is 9.71. The van der Waals surface area contributed by atoms with E-state index in [4.69, 9.17) is 0 Å². The topological polar surface area (TPSA) is 62.2 Å². The molecular formula is C20H23FIN5O. The van der Waals surface area contributed by atoms with E-state index in [0.717, 1.165) is 28.5 Å². The maximum atomic E-state index is 15.2. The summed E-state index contributed by atoms with van der Waals surface area (Å²) < 4.78 is 16.0. The van der Waals surface area contributed by atoms with Gasteiger partial charge >= 0.3 is 0 Å². The largest absolute Gasteiger partial charge is 0.338 e. The fraction of sp³-hybridized carbons (Fsp3) is 0.500. The van der Waals surface area contributed by atoms with Crippen LogP contribution in [0.2, 0.25) is 0 Å². The summed E-state index contributed by atoms with van der Waals surface area (Å²) >= 11 is 2.11. The van der Waals surface area contributed by atoms with Gasteiger partial charge in [0.1, 0.15) is 9.87 Å². The van der Waals surface area contributed by atoms with Crippen molar-refractivity contribution in [1.82, 2.24) is 19.9 Å². The maximum Gasteiger partial charge on any atom is 0.256 e. The van der Waals surface area contributed by atoms with Crippen LogP contribution in [-0.2, 0) is 6.42 Å². The van der Waals surface area contributed by atoms with E-state index in [9.17, 15) is 4.79 Å². The number of aryl methyl sites for hydroxylation is 1. The van der Waals surface area contributed by atoms with E-state index in [2.05, 4.69) is 37.5 Å². The van der Waals surface area contributed by atoms with Crippen molar-refractivity contribution in [3.8, 4) is 0 Å². The van der Waals surface area contributed by atoms with Crippen LogP contribution in [0.4, 0.5) is 10.3 Å². The Morgan fingerprint density at radius 1 is 1.21 bits per heavy atom. The van der Waals surface area contributed by atoms with Gasteiger partial charge < -0.3 is 9.80 Å². The summed E-state index contributed by atoms with van der Waals surface area (Å²) in [5.41, 5.74) is 1.59. The number of hydrogen-bond donors (Lipinski definition) is 0. The van der Waals surface area contributed by atoms with Crippen LogP contribution in [0.25, 0.3) is 0 Å². The lowest BCUT2D eigenvalue weighted by atomic mass is 10.00. The van der Waals surface area contributed by atoms with Crippen molar-refractivity contribution in [3.63, 3.8) is 0 Å². The number of hydrogen-bond acceptors (Lipinski definition) is 5. The number of carbonyl (C=O) groups is 1. The zero-order chi connectivity index (χ0) is 19.7. The van der Waals surface area contributed by atoms with Crippen molar-refractivity contribution < 1.29 is 9.18 Å². The third kappa shape index (κ3) is 4.11. The molecule has 1 saturated carbocycles. The molecule has 1 saturated heterocycles. The SMILES string of the molecule is CCc1cnc(N2CC[C@@H](N(C(=O)c3ccc(I)nc3)C3CC3)[C@@H](F)C2)nc1. The fourth-order valence-electron chi connectivity index (χ4n) is 3.67. The van der Waals surface area contributed by atoms with Gasteiger partial charge in [0.05, 0.1) is 18.2 Å². The molecule has 28 heavy (non-hydrogen) atoms. The third-order valence-corrected chi connectivity index (χ3v) is 6.03. The zero-order valence-electron chi connectivity index (χ0n) is 15.8. The summed E-state index contributed by atoms with van der Waals surface area (Å²) in [6, 6.07) is 3.32. The Morgan fingerprint density at radius 3 is 2.54 bits per heavy atom. The summed E-state index contributed by atoms with van der Waals surface area (Å²) in [6.45, 7) is 2.89. The number of anilines is 1. The number of carbonyl (C=O) groups excluding carboxylic acids is 1. The van der Waals surface area contributed by atoms with E-state index in [0.29, 0.717) is 24.5 Å². The average molecular weight is 495 g/mol. The predicted octanol–water partition coefficient (Wildman–Crippen LogP) is 3.26. The summed E-state index contributed by atoms with van der Waals surface area (Å²) in [5, 5.41) is 0. The Bertz CT molecular complexity index is 827. The van der Waals surface area contributed by atoms with E-state index in [1.807, 2.05) is 17.9 Å². The molecule has 2 aromatic heterocycles. The molecule has 1 amide bonds. The van der Waals surface area contributed by atoms with E-state index in [-0.39, 0.29) is 18.5 Å². The van der Waals surface area contributed by atoms with Crippen LogP contribution in [-0.4, -0.2) is 57.1 Å². The third-order valence-electron chi connectivity index (χ3n) is 5.40. The van der Waals surface area contributed by atoms with E-state index >= 15 is 4.39 Å². The molecule has 4 rings (SSSR count). The molecule has 2 fully saturated rings. The number of pyridine rings is 1. The second-order valence-corrected chi connectivity index (χ2v) is 8.48. The molecule has 6 nitrogen and oxygen atoms in total. The van der Waals surface area contributed by atoms with Crippen molar-refractivity contribution in [1.29, 1.82) is 0 Å². The Morgan fingerprint density at radius 2 is 1.96 bits per heavy atom. The molecule has 2 aliphatic rings. The fourth-order valence-corrected chi connectivity index (χ4v) is 3.99. The van der Waals surface area contributed by atoms with Crippen LogP contribution in [0, 0.1) is 3.70 Å². The van der Waals surface area contributed by atoms with Crippen LogP contribution < -0.4 is 4.90 Å². The highest BCUT2D eigenvalue weighted by molar-refractivity contribution is 14.1. The van der Waals surface area contributed by atoms with Crippen LogP contribution in [0.3, 0.4) is 0 Å². The number of aromatic nitrogens is 3. The minimum atomic E-state index is -1.13. The van der Waals surface area contributed by atoms with Gasteiger partial charge in [-0.05, 0) is 66.0 Å².